The molecule has 0 unspecified atom stereocenters. The van der Waals surface area contributed by atoms with Crippen LogP contribution in [0.3, 0.4) is 0 Å². The molecule has 0 saturated heterocycles. The molecule has 1 heterocycles. The third-order valence-electron chi connectivity index (χ3n) is 9.77. The van der Waals surface area contributed by atoms with Gasteiger partial charge in [-0.3, -0.25) is 4.68 Å². The Hall–Kier alpha value is -1.09. The van der Waals surface area contributed by atoms with E-state index < -0.39 is 0 Å². The third kappa shape index (κ3) is 2.68. The molecule has 4 aliphatic rings. The van der Waals surface area contributed by atoms with E-state index in [4.69, 9.17) is 0 Å². The van der Waals surface area contributed by atoms with E-state index in [1.807, 2.05) is 10.9 Å². The Morgan fingerprint density at radius 3 is 2.75 bits per heavy atom. The van der Waals surface area contributed by atoms with Gasteiger partial charge in [-0.05, 0) is 98.7 Å². The molecule has 154 valence electrons. The van der Waals surface area contributed by atoms with Crippen molar-refractivity contribution in [1.82, 2.24) is 9.78 Å². The summed E-state index contributed by atoms with van der Waals surface area (Å²) >= 11 is 0. The highest BCUT2D eigenvalue weighted by molar-refractivity contribution is 5.52. The van der Waals surface area contributed by atoms with Crippen molar-refractivity contribution in [2.24, 2.45) is 34.5 Å². The van der Waals surface area contributed by atoms with Crippen LogP contribution in [0.25, 0.3) is 6.08 Å². The third-order valence-corrected chi connectivity index (χ3v) is 9.77. The van der Waals surface area contributed by atoms with Crippen molar-refractivity contribution in [3.05, 3.63) is 23.5 Å². The van der Waals surface area contributed by atoms with Crippen LogP contribution in [0.15, 0.2) is 17.8 Å². The SMILES string of the molecule is CCn1ccc(/C=C2\C[C@@H]3[C@H]4CC[C@H]5CCCC[C@]5(C)[C@@H]4CC[C@@]3(C)[C@H]2O)n1. The molecular formula is C25H38N2O. The summed E-state index contributed by atoms with van der Waals surface area (Å²) in [5.41, 5.74) is 2.89. The van der Waals surface area contributed by atoms with Gasteiger partial charge in [0.15, 0.2) is 0 Å². The van der Waals surface area contributed by atoms with E-state index in [1.165, 1.54) is 56.9 Å². The van der Waals surface area contributed by atoms with E-state index in [9.17, 15) is 5.11 Å². The second-order valence-corrected chi connectivity index (χ2v) is 10.9. The average molecular weight is 383 g/mol. The van der Waals surface area contributed by atoms with Crippen LogP contribution in [0.5, 0.6) is 0 Å². The number of hydrogen-bond acceptors (Lipinski definition) is 2. The van der Waals surface area contributed by atoms with Crippen molar-refractivity contribution in [3.63, 3.8) is 0 Å². The predicted molar refractivity (Wildman–Crippen MR) is 114 cm³/mol. The van der Waals surface area contributed by atoms with Crippen LogP contribution in [0.1, 0.15) is 84.3 Å². The van der Waals surface area contributed by atoms with Gasteiger partial charge in [-0.15, -0.1) is 0 Å². The Labute approximate surface area is 170 Å². The first-order chi connectivity index (χ1) is 13.5. The molecule has 1 aromatic heterocycles. The fourth-order valence-electron chi connectivity index (χ4n) is 8.11. The van der Waals surface area contributed by atoms with Crippen molar-refractivity contribution < 1.29 is 5.11 Å². The molecule has 0 aliphatic heterocycles. The van der Waals surface area contributed by atoms with E-state index in [0.717, 1.165) is 36.4 Å². The quantitative estimate of drug-likeness (QED) is 0.713. The molecule has 0 spiro atoms. The number of nitrogens with zero attached hydrogens (tertiary/aromatic N) is 2. The van der Waals surface area contributed by atoms with Gasteiger partial charge in [0, 0.05) is 18.2 Å². The monoisotopic (exact) mass is 382 g/mol. The van der Waals surface area contributed by atoms with Crippen LogP contribution in [0, 0.1) is 34.5 Å². The Bertz CT molecular complexity index is 766. The number of hydrogen-bond donors (Lipinski definition) is 1. The molecule has 4 saturated carbocycles. The van der Waals surface area contributed by atoms with Crippen LogP contribution < -0.4 is 0 Å². The largest absolute Gasteiger partial charge is 0.388 e. The van der Waals surface area contributed by atoms with Gasteiger partial charge in [-0.1, -0.05) is 26.7 Å². The molecule has 0 radical (unpaired) electrons. The Morgan fingerprint density at radius 2 is 1.96 bits per heavy atom. The van der Waals surface area contributed by atoms with E-state index in [-0.39, 0.29) is 11.5 Å². The van der Waals surface area contributed by atoms with Crippen LogP contribution in [0.2, 0.25) is 0 Å². The fraction of sp³-hybridized carbons (Fsp3) is 0.800. The molecule has 28 heavy (non-hydrogen) atoms. The summed E-state index contributed by atoms with van der Waals surface area (Å²) in [5, 5.41) is 16.0. The molecule has 4 fully saturated rings. The second kappa shape index (κ2) is 6.72. The second-order valence-electron chi connectivity index (χ2n) is 10.9. The maximum absolute atomic E-state index is 11.4. The Kier molecular flexibility index (Phi) is 4.54. The van der Waals surface area contributed by atoms with Crippen molar-refractivity contribution in [2.75, 3.05) is 0 Å². The zero-order valence-corrected chi connectivity index (χ0v) is 18.0. The molecule has 0 amide bonds. The molecule has 3 nitrogen and oxygen atoms in total. The number of aliphatic hydroxyl groups excluding tert-OH is 1. The van der Waals surface area contributed by atoms with Crippen molar-refractivity contribution in [2.45, 2.75) is 91.2 Å². The van der Waals surface area contributed by atoms with Gasteiger partial charge in [-0.25, -0.2) is 0 Å². The first kappa shape index (κ1) is 18.9. The molecule has 0 bridgehead atoms. The van der Waals surface area contributed by atoms with Gasteiger partial charge in [0.05, 0.1) is 11.8 Å². The van der Waals surface area contributed by atoms with E-state index in [0.29, 0.717) is 11.3 Å². The first-order valence-electron chi connectivity index (χ1n) is 11.9. The Balaban J connectivity index is 1.44. The summed E-state index contributed by atoms with van der Waals surface area (Å²) in [6, 6.07) is 2.09. The van der Waals surface area contributed by atoms with Crippen LogP contribution in [0.4, 0.5) is 0 Å². The summed E-state index contributed by atoms with van der Waals surface area (Å²) in [6.45, 7) is 8.04. The van der Waals surface area contributed by atoms with Gasteiger partial charge in [0.2, 0.25) is 0 Å². The lowest BCUT2D eigenvalue weighted by Crippen LogP contribution is -2.53. The van der Waals surface area contributed by atoms with Gasteiger partial charge in [0.25, 0.3) is 0 Å². The molecule has 1 aromatic rings. The van der Waals surface area contributed by atoms with Crippen LogP contribution in [-0.2, 0) is 6.54 Å². The van der Waals surface area contributed by atoms with Gasteiger partial charge >= 0.3 is 0 Å². The van der Waals surface area contributed by atoms with Gasteiger partial charge < -0.3 is 5.11 Å². The van der Waals surface area contributed by atoms with E-state index >= 15 is 0 Å². The average Bonchev–Trinajstić information content (AvgIpc) is 3.25. The van der Waals surface area contributed by atoms with E-state index in [2.05, 4.69) is 38.0 Å². The summed E-state index contributed by atoms with van der Waals surface area (Å²) in [5.74, 6) is 3.31. The molecular weight excluding hydrogens is 344 g/mol. The highest BCUT2D eigenvalue weighted by Crippen LogP contribution is 2.66. The number of aliphatic hydroxyl groups is 1. The molecule has 4 aliphatic carbocycles. The van der Waals surface area contributed by atoms with Gasteiger partial charge in [0.1, 0.15) is 0 Å². The zero-order chi connectivity index (χ0) is 19.5. The Morgan fingerprint density at radius 1 is 1.11 bits per heavy atom. The first-order valence-corrected chi connectivity index (χ1v) is 11.9. The van der Waals surface area contributed by atoms with Gasteiger partial charge in [-0.2, -0.15) is 5.10 Å². The number of aryl methyl sites for hydroxylation is 1. The number of fused-ring (bicyclic) bond motifs is 5. The summed E-state index contributed by atoms with van der Waals surface area (Å²) in [7, 11) is 0. The maximum Gasteiger partial charge on any atom is 0.0851 e. The molecule has 3 heteroatoms. The number of rotatable bonds is 2. The lowest BCUT2D eigenvalue weighted by molar-refractivity contribution is -0.119. The van der Waals surface area contributed by atoms with E-state index in [1.54, 1.807) is 0 Å². The van der Waals surface area contributed by atoms with Crippen molar-refractivity contribution >= 4 is 6.08 Å². The summed E-state index contributed by atoms with van der Waals surface area (Å²) in [4.78, 5) is 0. The zero-order valence-electron chi connectivity index (χ0n) is 18.0. The normalized spacial score (nSPS) is 46.9. The van der Waals surface area contributed by atoms with Crippen LogP contribution >= 0.6 is 0 Å². The lowest BCUT2D eigenvalue weighted by Gasteiger charge is -2.60. The van der Waals surface area contributed by atoms with Crippen molar-refractivity contribution in [1.29, 1.82) is 0 Å². The summed E-state index contributed by atoms with van der Waals surface area (Å²) < 4.78 is 1.98. The smallest absolute Gasteiger partial charge is 0.0851 e. The predicted octanol–water partition coefficient (Wildman–Crippen LogP) is 5.69. The maximum atomic E-state index is 11.4. The minimum absolute atomic E-state index is 0.0676. The standard InChI is InChI=1S/C25H38N2O/c1-4-27-14-11-19(26-27)15-17-16-22-20-9-8-18-7-5-6-12-24(18,2)21(20)10-13-25(22,3)23(17)28/h11,14-15,18,20-23,28H,4-10,12-13,16H2,1-3H3/b17-15+/t18-,20+,21-,22-,23+,24+,25-/m1/s1. The molecule has 7 atom stereocenters. The number of aromatic nitrogens is 2. The minimum Gasteiger partial charge on any atom is -0.388 e. The summed E-state index contributed by atoms with van der Waals surface area (Å²) in [6.07, 6.45) is 16.2. The van der Waals surface area contributed by atoms with Crippen LogP contribution in [-0.4, -0.2) is 21.0 Å². The van der Waals surface area contributed by atoms with Crippen molar-refractivity contribution in [3.8, 4) is 0 Å². The lowest BCUT2D eigenvalue weighted by atomic mass is 9.45. The highest BCUT2D eigenvalue weighted by Gasteiger charge is 2.60. The topological polar surface area (TPSA) is 38.0 Å². The highest BCUT2D eigenvalue weighted by atomic mass is 16.3. The molecule has 1 N–H and O–H groups in total. The molecule has 5 rings (SSSR count). The fourth-order valence-corrected chi connectivity index (χ4v) is 8.11. The minimum atomic E-state index is -0.290. The molecule has 0 aromatic carbocycles.